The van der Waals surface area contributed by atoms with Crippen LogP contribution in [-0.4, -0.2) is 77.9 Å². The molecule has 0 aromatic carbocycles. The normalized spacial score (nSPS) is 14.1. The zero-order valence-corrected chi connectivity index (χ0v) is 21.6. The number of hydrogen-bond acceptors (Lipinski definition) is 8. The van der Waals surface area contributed by atoms with Gasteiger partial charge < -0.3 is 49.7 Å². The van der Waals surface area contributed by atoms with Gasteiger partial charge in [0.1, 0.15) is 18.1 Å². The van der Waals surface area contributed by atoms with E-state index in [0.717, 1.165) is 0 Å². The summed E-state index contributed by atoms with van der Waals surface area (Å²) >= 11 is 0. The number of nitrogens with two attached hydrogens (primary N) is 5. The number of nitrogens with zero attached hydrogens (tertiary/aromatic N) is 1. The van der Waals surface area contributed by atoms with Gasteiger partial charge in [0.05, 0.1) is 6.04 Å². The number of carboxylic acid groups (broad SMARTS) is 1. The van der Waals surface area contributed by atoms with E-state index in [4.69, 9.17) is 28.7 Å². The van der Waals surface area contributed by atoms with Gasteiger partial charge in [0.25, 0.3) is 0 Å². The molecule has 0 saturated carbocycles. The van der Waals surface area contributed by atoms with E-state index < -0.39 is 53.8 Å². The van der Waals surface area contributed by atoms with Crippen LogP contribution in [0.5, 0.6) is 0 Å². The molecule has 15 nitrogen and oxygen atoms in total. The highest BCUT2D eigenvalue weighted by Crippen LogP contribution is 2.08. The molecule has 0 aromatic rings. The van der Waals surface area contributed by atoms with Crippen LogP contribution in [0.25, 0.3) is 0 Å². The smallest absolute Gasteiger partial charge is 0.326 e. The van der Waals surface area contributed by atoms with Crippen LogP contribution in [0.1, 0.15) is 58.8 Å². The van der Waals surface area contributed by atoms with Gasteiger partial charge >= 0.3 is 5.97 Å². The number of guanidine groups is 1. The summed E-state index contributed by atoms with van der Waals surface area (Å²) in [5.74, 6) is -4.57. The van der Waals surface area contributed by atoms with Gasteiger partial charge in [-0.2, -0.15) is 0 Å². The molecule has 0 aromatic heterocycles. The number of aliphatic carboxylic acids is 1. The predicted molar refractivity (Wildman–Crippen MR) is 137 cm³/mol. The SMILES string of the molecule is CC(C)C(NC(=O)C(N)CCCCN)C(=O)NC(CCC(N)=O)C(=O)NC(CCCN=C(N)N)C(=O)O. The maximum absolute atomic E-state index is 13.0. The van der Waals surface area contributed by atoms with Crippen LogP contribution >= 0.6 is 0 Å². The lowest BCUT2D eigenvalue weighted by atomic mass is 10.0. The largest absolute Gasteiger partial charge is 0.480 e. The number of amides is 4. The fraction of sp³-hybridized carbons (Fsp3) is 0.727. The topological polar surface area (TPSA) is 284 Å². The summed E-state index contributed by atoms with van der Waals surface area (Å²) in [6.45, 7) is 4.02. The molecule has 0 heterocycles. The summed E-state index contributed by atoms with van der Waals surface area (Å²) in [7, 11) is 0. The molecule has 0 fully saturated rings. The van der Waals surface area contributed by atoms with Crippen LogP contribution < -0.4 is 44.6 Å². The van der Waals surface area contributed by atoms with Crippen molar-refractivity contribution in [1.29, 1.82) is 0 Å². The van der Waals surface area contributed by atoms with Crippen LogP contribution in [0.3, 0.4) is 0 Å². The Balaban J connectivity index is 5.42. The van der Waals surface area contributed by atoms with Crippen molar-refractivity contribution < 1.29 is 29.1 Å². The van der Waals surface area contributed by atoms with Crippen molar-refractivity contribution in [3.63, 3.8) is 0 Å². The molecule has 37 heavy (non-hydrogen) atoms. The van der Waals surface area contributed by atoms with Gasteiger partial charge in [0.15, 0.2) is 5.96 Å². The third-order valence-corrected chi connectivity index (χ3v) is 5.43. The zero-order valence-electron chi connectivity index (χ0n) is 21.6. The molecule has 0 rings (SSSR count). The molecule has 15 heteroatoms. The van der Waals surface area contributed by atoms with E-state index in [9.17, 15) is 29.1 Å². The Bertz CT molecular complexity index is 802. The number of aliphatic imine (C=N–C) groups is 1. The van der Waals surface area contributed by atoms with Gasteiger partial charge in [-0.15, -0.1) is 0 Å². The van der Waals surface area contributed by atoms with E-state index in [1.54, 1.807) is 13.8 Å². The molecule has 0 spiro atoms. The van der Waals surface area contributed by atoms with Crippen LogP contribution in [0.2, 0.25) is 0 Å². The van der Waals surface area contributed by atoms with Gasteiger partial charge in [-0.1, -0.05) is 20.3 Å². The molecule has 14 N–H and O–H groups in total. The quantitative estimate of drug-likeness (QED) is 0.0463. The maximum atomic E-state index is 13.0. The van der Waals surface area contributed by atoms with Crippen molar-refractivity contribution in [2.75, 3.05) is 13.1 Å². The lowest BCUT2D eigenvalue weighted by Crippen LogP contribution is -2.58. The molecule has 212 valence electrons. The predicted octanol–water partition coefficient (Wildman–Crippen LogP) is -3.04. The summed E-state index contributed by atoms with van der Waals surface area (Å²) in [6, 6.07) is -4.45. The van der Waals surface area contributed by atoms with Crippen molar-refractivity contribution in [2.24, 2.45) is 39.6 Å². The van der Waals surface area contributed by atoms with E-state index in [2.05, 4.69) is 20.9 Å². The summed E-state index contributed by atoms with van der Waals surface area (Å²) in [6.07, 6.45) is 1.60. The minimum absolute atomic E-state index is 0.0149. The van der Waals surface area contributed by atoms with Crippen LogP contribution in [-0.2, 0) is 24.0 Å². The second kappa shape index (κ2) is 17.9. The second-order valence-electron chi connectivity index (χ2n) is 9.04. The van der Waals surface area contributed by atoms with E-state index in [-0.39, 0.29) is 44.1 Å². The van der Waals surface area contributed by atoms with Crippen LogP contribution in [0.15, 0.2) is 4.99 Å². The standard InChI is InChI=1S/C22H43N9O6/c1-12(2)17(31-18(33)13(24)6-3-4-10-23)20(35)29-14(8-9-16(25)32)19(34)30-15(21(36)37)7-5-11-28-22(26)27/h12-15,17H,3-11,23-24H2,1-2H3,(H2,25,32)(H,29,35)(H,30,34)(H,31,33)(H,36,37)(H4,26,27,28). The molecule has 0 aliphatic carbocycles. The fourth-order valence-electron chi connectivity index (χ4n) is 3.29. The Morgan fingerprint density at radius 3 is 1.95 bits per heavy atom. The summed E-state index contributed by atoms with van der Waals surface area (Å²) in [5, 5.41) is 16.9. The Morgan fingerprint density at radius 1 is 0.811 bits per heavy atom. The summed E-state index contributed by atoms with van der Waals surface area (Å²) in [4.78, 5) is 65.1. The molecule has 4 unspecified atom stereocenters. The highest BCUT2D eigenvalue weighted by molar-refractivity contribution is 5.94. The number of primary amides is 1. The molecule has 0 radical (unpaired) electrons. The van der Waals surface area contributed by atoms with Gasteiger partial charge in [-0.05, 0) is 44.6 Å². The Morgan fingerprint density at radius 2 is 1.43 bits per heavy atom. The molecule has 4 amide bonds. The van der Waals surface area contributed by atoms with Gasteiger partial charge in [0.2, 0.25) is 23.6 Å². The molecule has 0 aliphatic heterocycles. The van der Waals surface area contributed by atoms with Crippen LogP contribution in [0, 0.1) is 5.92 Å². The third kappa shape index (κ3) is 14.6. The number of rotatable bonds is 19. The highest BCUT2D eigenvalue weighted by Gasteiger charge is 2.31. The van der Waals surface area contributed by atoms with Gasteiger partial charge in [-0.3, -0.25) is 24.2 Å². The Labute approximate surface area is 216 Å². The first-order valence-corrected chi connectivity index (χ1v) is 12.2. The Hall–Kier alpha value is -3.46. The fourth-order valence-corrected chi connectivity index (χ4v) is 3.29. The number of carboxylic acids is 1. The second-order valence-corrected chi connectivity index (χ2v) is 9.04. The number of nitrogens with one attached hydrogen (secondary N) is 3. The number of hydrogen-bond donors (Lipinski definition) is 9. The monoisotopic (exact) mass is 529 g/mol. The minimum atomic E-state index is -1.30. The molecular formula is C22H43N9O6. The van der Waals surface area contributed by atoms with E-state index in [0.29, 0.717) is 25.8 Å². The van der Waals surface area contributed by atoms with Gasteiger partial charge in [0, 0.05) is 13.0 Å². The van der Waals surface area contributed by atoms with Crippen LogP contribution in [0.4, 0.5) is 0 Å². The van der Waals surface area contributed by atoms with Crippen molar-refractivity contribution >= 4 is 35.6 Å². The zero-order chi connectivity index (χ0) is 28.5. The van der Waals surface area contributed by atoms with Gasteiger partial charge in [-0.25, -0.2) is 4.79 Å². The molecule has 0 aliphatic rings. The van der Waals surface area contributed by atoms with E-state index in [1.165, 1.54) is 0 Å². The van der Waals surface area contributed by atoms with E-state index in [1.807, 2.05) is 0 Å². The highest BCUT2D eigenvalue weighted by atomic mass is 16.4. The first kappa shape index (κ1) is 33.5. The maximum Gasteiger partial charge on any atom is 0.326 e. The van der Waals surface area contributed by atoms with Crippen molar-refractivity contribution in [3.8, 4) is 0 Å². The average molecular weight is 530 g/mol. The minimum Gasteiger partial charge on any atom is -0.480 e. The number of carbonyl (C=O) groups is 5. The van der Waals surface area contributed by atoms with Crippen molar-refractivity contribution in [1.82, 2.24) is 16.0 Å². The lowest BCUT2D eigenvalue weighted by Gasteiger charge is -2.27. The average Bonchev–Trinajstić information content (AvgIpc) is 2.80. The number of unbranched alkanes of at least 4 members (excludes halogenated alkanes) is 1. The van der Waals surface area contributed by atoms with Crippen molar-refractivity contribution in [3.05, 3.63) is 0 Å². The number of carbonyl (C=O) groups excluding carboxylic acids is 4. The lowest BCUT2D eigenvalue weighted by molar-refractivity contribution is -0.142. The third-order valence-electron chi connectivity index (χ3n) is 5.43. The summed E-state index contributed by atoms with van der Waals surface area (Å²) in [5.41, 5.74) is 27.0. The summed E-state index contributed by atoms with van der Waals surface area (Å²) < 4.78 is 0. The Kier molecular flexibility index (Phi) is 16.2. The first-order chi connectivity index (χ1) is 17.3. The van der Waals surface area contributed by atoms with Crippen molar-refractivity contribution in [2.45, 2.75) is 83.0 Å². The van der Waals surface area contributed by atoms with E-state index >= 15 is 0 Å². The molecular weight excluding hydrogens is 486 g/mol. The molecule has 0 saturated heterocycles. The molecule has 4 atom stereocenters. The first-order valence-electron chi connectivity index (χ1n) is 12.2. The molecule has 0 bridgehead atoms.